The lowest BCUT2D eigenvalue weighted by atomic mass is 9.81. The van der Waals surface area contributed by atoms with Gasteiger partial charge in [-0.15, -0.1) is 0 Å². The summed E-state index contributed by atoms with van der Waals surface area (Å²) in [5.41, 5.74) is 1.71. The number of rotatable bonds is 5. The molecule has 0 bridgehead atoms. The van der Waals surface area contributed by atoms with Crippen molar-refractivity contribution in [1.82, 2.24) is 15.4 Å². The van der Waals surface area contributed by atoms with Gasteiger partial charge in [0.1, 0.15) is 5.82 Å². The lowest BCUT2D eigenvalue weighted by Crippen LogP contribution is -2.42. The van der Waals surface area contributed by atoms with Crippen molar-refractivity contribution in [2.45, 2.75) is 38.5 Å². The molecule has 2 aliphatic rings. The van der Waals surface area contributed by atoms with Gasteiger partial charge in [-0.25, -0.2) is 4.39 Å². The van der Waals surface area contributed by atoms with E-state index in [0.717, 1.165) is 63.1 Å². The fourth-order valence-electron chi connectivity index (χ4n) is 4.41. The van der Waals surface area contributed by atoms with Crippen molar-refractivity contribution < 1.29 is 13.7 Å². The summed E-state index contributed by atoms with van der Waals surface area (Å²) in [7, 11) is 0. The number of halogens is 1. The maximum atomic E-state index is 13.1. The molecule has 2 saturated heterocycles. The van der Waals surface area contributed by atoms with Gasteiger partial charge in [0.15, 0.2) is 5.76 Å². The Balaban J connectivity index is 1.39. The van der Waals surface area contributed by atoms with Crippen LogP contribution >= 0.6 is 0 Å². The Labute approximate surface area is 165 Å². The SMILES string of the molecule is O=C(C[C@@H]1CCNC[C@@H]1Cc1cc(-c2ccc(F)cc2)on1)N1CCCCC1. The second-order valence-corrected chi connectivity index (χ2v) is 8.05. The van der Waals surface area contributed by atoms with Crippen molar-refractivity contribution in [2.24, 2.45) is 11.8 Å². The van der Waals surface area contributed by atoms with Crippen molar-refractivity contribution >= 4 is 5.91 Å². The number of carbonyl (C=O) groups excluding carboxylic acids is 1. The second-order valence-electron chi connectivity index (χ2n) is 8.05. The molecule has 1 aromatic carbocycles. The zero-order chi connectivity index (χ0) is 19.3. The number of likely N-dealkylation sites (tertiary alicyclic amines) is 1. The van der Waals surface area contributed by atoms with Gasteiger partial charge >= 0.3 is 0 Å². The summed E-state index contributed by atoms with van der Waals surface area (Å²) in [6.07, 6.45) is 5.94. The summed E-state index contributed by atoms with van der Waals surface area (Å²) >= 11 is 0. The van der Waals surface area contributed by atoms with Crippen LogP contribution in [0.1, 0.15) is 37.8 Å². The summed E-state index contributed by atoms with van der Waals surface area (Å²) in [6, 6.07) is 8.17. The first-order valence-corrected chi connectivity index (χ1v) is 10.4. The van der Waals surface area contributed by atoms with Crippen molar-refractivity contribution in [1.29, 1.82) is 0 Å². The minimum Gasteiger partial charge on any atom is -0.356 e. The van der Waals surface area contributed by atoms with E-state index in [0.29, 0.717) is 29.9 Å². The highest BCUT2D eigenvalue weighted by Crippen LogP contribution is 2.29. The highest BCUT2D eigenvalue weighted by molar-refractivity contribution is 5.76. The van der Waals surface area contributed by atoms with Crippen LogP contribution in [0.4, 0.5) is 4.39 Å². The normalized spacial score (nSPS) is 23.0. The van der Waals surface area contributed by atoms with Crippen LogP contribution in [0.5, 0.6) is 0 Å². The summed E-state index contributed by atoms with van der Waals surface area (Å²) in [5, 5.41) is 7.68. The molecule has 2 aliphatic heterocycles. The van der Waals surface area contributed by atoms with E-state index in [1.165, 1.54) is 18.6 Å². The quantitative estimate of drug-likeness (QED) is 0.854. The molecule has 4 rings (SSSR count). The van der Waals surface area contributed by atoms with E-state index >= 15 is 0 Å². The predicted molar refractivity (Wildman–Crippen MR) is 105 cm³/mol. The van der Waals surface area contributed by atoms with E-state index in [9.17, 15) is 9.18 Å². The van der Waals surface area contributed by atoms with Gasteiger partial charge in [0.2, 0.25) is 5.91 Å². The van der Waals surface area contributed by atoms with Crippen LogP contribution < -0.4 is 5.32 Å². The first kappa shape index (κ1) is 19.1. The molecular weight excluding hydrogens is 357 g/mol. The van der Waals surface area contributed by atoms with Crippen molar-refractivity contribution in [3.05, 3.63) is 41.8 Å². The monoisotopic (exact) mass is 385 g/mol. The number of nitrogens with one attached hydrogen (secondary N) is 1. The number of aromatic nitrogens is 1. The zero-order valence-electron chi connectivity index (χ0n) is 16.2. The molecule has 2 fully saturated rings. The Bertz CT molecular complexity index is 783. The maximum Gasteiger partial charge on any atom is 0.222 e. The largest absolute Gasteiger partial charge is 0.356 e. The molecule has 1 N–H and O–H groups in total. The molecule has 0 unspecified atom stereocenters. The van der Waals surface area contributed by atoms with E-state index in [-0.39, 0.29) is 5.82 Å². The molecule has 1 aromatic heterocycles. The molecule has 28 heavy (non-hydrogen) atoms. The minimum atomic E-state index is -0.266. The molecule has 150 valence electrons. The summed E-state index contributed by atoms with van der Waals surface area (Å²) in [6.45, 7) is 3.70. The number of hydrogen-bond donors (Lipinski definition) is 1. The number of hydrogen-bond acceptors (Lipinski definition) is 4. The van der Waals surface area contributed by atoms with E-state index in [1.807, 2.05) is 11.0 Å². The lowest BCUT2D eigenvalue weighted by Gasteiger charge is -2.34. The lowest BCUT2D eigenvalue weighted by molar-refractivity contribution is -0.133. The maximum absolute atomic E-state index is 13.1. The predicted octanol–water partition coefficient (Wildman–Crippen LogP) is 3.65. The molecular formula is C22H28FN3O2. The smallest absolute Gasteiger partial charge is 0.222 e. The third kappa shape index (κ3) is 4.61. The standard InChI is InChI=1S/C22H28FN3O2/c23-19-6-4-16(5-7-19)21-14-20(25-28-21)12-18-15-24-9-8-17(18)13-22(27)26-10-2-1-3-11-26/h4-7,14,17-18,24H,1-3,8-13,15H2/t17-,18-/m0/s1. The first-order valence-electron chi connectivity index (χ1n) is 10.4. The molecule has 0 spiro atoms. The van der Waals surface area contributed by atoms with E-state index in [1.54, 1.807) is 12.1 Å². The third-order valence-electron chi connectivity index (χ3n) is 6.07. The van der Waals surface area contributed by atoms with Gasteiger partial charge in [-0.3, -0.25) is 4.79 Å². The Morgan fingerprint density at radius 2 is 1.96 bits per heavy atom. The second kappa shape index (κ2) is 8.86. The summed E-state index contributed by atoms with van der Waals surface area (Å²) in [5.74, 6) is 1.44. The molecule has 2 atom stereocenters. The molecule has 2 aromatic rings. The van der Waals surface area contributed by atoms with Crippen LogP contribution in [-0.4, -0.2) is 42.1 Å². The zero-order valence-corrected chi connectivity index (χ0v) is 16.2. The van der Waals surface area contributed by atoms with Crippen LogP contribution in [0.3, 0.4) is 0 Å². The van der Waals surface area contributed by atoms with Crippen molar-refractivity contribution in [3.63, 3.8) is 0 Å². The van der Waals surface area contributed by atoms with Crippen molar-refractivity contribution in [3.8, 4) is 11.3 Å². The summed E-state index contributed by atoms with van der Waals surface area (Å²) in [4.78, 5) is 14.8. The molecule has 0 saturated carbocycles. The van der Waals surface area contributed by atoms with Crippen LogP contribution in [0.25, 0.3) is 11.3 Å². The Hall–Kier alpha value is -2.21. The molecule has 6 heteroatoms. The van der Waals surface area contributed by atoms with Gasteiger partial charge in [0, 0.05) is 31.1 Å². The number of nitrogens with zero attached hydrogens (tertiary/aromatic N) is 2. The van der Waals surface area contributed by atoms with Gasteiger partial charge < -0.3 is 14.7 Å². The highest BCUT2D eigenvalue weighted by atomic mass is 19.1. The van der Waals surface area contributed by atoms with Gasteiger partial charge in [-0.05, 0) is 81.3 Å². The van der Waals surface area contributed by atoms with Gasteiger partial charge in [0.25, 0.3) is 0 Å². The average Bonchev–Trinajstić information content (AvgIpc) is 3.19. The molecule has 5 nitrogen and oxygen atoms in total. The first-order chi connectivity index (χ1) is 13.7. The van der Waals surface area contributed by atoms with E-state index < -0.39 is 0 Å². The molecule has 3 heterocycles. The summed E-state index contributed by atoms with van der Waals surface area (Å²) < 4.78 is 18.6. The number of piperidine rings is 2. The Morgan fingerprint density at radius 3 is 2.75 bits per heavy atom. The molecule has 1 amide bonds. The van der Waals surface area contributed by atoms with Gasteiger partial charge in [-0.1, -0.05) is 5.16 Å². The van der Waals surface area contributed by atoms with Crippen LogP contribution in [0, 0.1) is 17.7 Å². The Kier molecular flexibility index (Phi) is 6.05. The fourth-order valence-corrected chi connectivity index (χ4v) is 4.41. The molecule has 0 aliphatic carbocycles. The van der Waals surface area contributed by atoms with Gasteiger partial charge in [-0.2, -0.15) is 0 Å². The number of amides is 1. The van der Waals surface area contributed by atoms with Crippen LogP contribution in [0.15, 0.2) is 34.9 Å². The van der Waals surface area contributed by atoms with E-state index in [2.05, 4.69) is 10.5 Å². The molecule has 0 radical (unpaired) electrons. The van der Waals surface area contributed by atoms with Crippen LogP contribution in [-0.2, 0) is 11.2 Å². The fraction of sp³-hybridized carbons (Fsp3) is 0.545. The topological polar surface area (TPSA) is 58.4 Å². The van der Waals surface area contributed by atoms with Crippen LogP contribution in [0.2, 0.25) is 0 Å². The third-order valence-corrected chi connectivity index (χ3v) is 6.07. The minimum absolute atomic E-state index is 0.266. The number of benzene rings is 1. The van der Waals surface area contributed by atoms with Crippen molar-refractivity contribution in [2.75, 3.05) is 26.2 Å². The average molecular weight is 385 g/mol. The Morgan fingerprint density at radius 1 is 1.18 bits per heavy atom. The highest BCUT2D eigenvalue weighted by Gasteiger charge is 2.30. The van der Waals surface area contributed by atoms with E-state index in [4.69, 9.17) is 4.52 Å². The number of carbonyl (C=O) groups is 1. The van der Waals surface area contributed by atoms with Gasteiger partial charge in [0.05, 0.1) is 5.69 Å².